The van der Waals surface area contributed by atoms with Crippen molar-refractivity contribution in [2.24, 2.45) is 34.0 Å². The van der Waals surface area contributed by atoms with Gasteiger partial charge in [0.25, 0.3) is 0 Å². The molecular weight excluding hydrogens is 322 g/mol. The third-order valence-electron chi connectivity index (χ3n) is 10.1. The Labute approximate surface area is 158 Å². The number of rotatable bonds is 3. The van der Waals surface area contributed by atoms with E-state index in [9.17, 15) is 9.59 Å². The van der Waals surface area contributed by atoms with Gasteiger partial charge in [0.15, 0.2) is 0 Å². The Hall–Kier alpha value is -0.700. The first-order chi connectivity index (χ1) is 12.4. The molecule has 0 aromatic carbocycles. The lowest BCUT2D eigenvalue weighted by Gasteiger charge is -2.57. The van der Waals surface area contributed by atoms with Gasteiger partial charge in [-0.25, -0.2) is 0 Å². The molecule has 7 atom stereocenters. The van der Waals surface area contributed by atoms with Crippen LogP contribution in [0.4, 0.5) is 0 Å². The van der Waals surface area contributed by atoms with Crippen LogP contribution in [0.1, 0.15) is 78.6 Å². The number of Topliss-reactive ketones (excluding diaryl/α,β-unsaturated/α-hetero) is 2. The molecular formula is C23H35NO2. The SMILES string of the molecule is CCN(CC)C1C[C@@H]2[C@H](CC[C@]3(C)C(=O)CC[C@@H]23)[C@@]23CCC(=O)C[C@@]12C3. The summed E-state index contributed by atoms with van der Waals surface area (Å²) in [5.41, 5.74) is 0.681. The molecule has 0 aliphatic heterocycles. The minimum atomic E-state index is -0.0367. The number of ketones is 2. The molecule has 144 valence electrons. The predicted molar refractivity (Wildman–Crippen MR) is 102 cm³/mol. The third kappa shape index (κ3) is 1.89. The second kappa shape index (κ2) is 5.43. The molecule has 0 aromatic heterocycles. The fourth-order valence-corrected chi connectivity index (χ4v) is 8.87. The van der Waals surface area contributed by atoms with Gasteiger partial charge in [-0.3, -0.25) is 9.59 Å². The highest BCUT2D eigenvalue weighted by atomic mass is 16.1. The monoisotopic (exact) mass is 357 g/mol. The van der Waals surface area contributed by atoms with Crippen molar-refractivity contribution in [2.45, 2.75) is 84.6 Å². The van der Waals surface area contributed by atoms with Crippen LogP contribution in [-0.4, -0.2) is 35.6 Å². The smallest absolute Gasteiger partial charge is 0.139 e. The number of carbonyl (C=O) groups is 2. The summed E-state index contributed by atoms with van der Waals surface area (Å²) >= 11 is 0. The van der Waals surface area contributed by atoms with E-state index in [-0.39, 0.29) is 10.8 Å². The van der Waals surface area contributed by atoms with Gasteiger partial charge in [-0.1, -0.05) is 20.8 Å². The molecule has 0 amide bonds. The van der Waals surface area contributed by atoms with Gasteiger partial charge in [0.2, 0.25) is 0 Å². The first kappa shape index (κ1) is 17.4. The van der Waals surface area contributed by atoms with Gasteiger partial charge >= 0.3 is 0 Å². The quantitative estimate of drug-likeness (QED) is 0.758. The van der Waals surface area contributed by atoms with Crippen LogP contribution in [0.25, 0.3) is 0 Å². The summed E-state index contributed by atoms with van der Waals surface area (Å²) in [4.78, 5) is 27.8. The molecule has 0 aromatic rings. The largest absolute Gasteiger partial charge is 0.300 e. The number of hydrogen-bond acceptors (Lipinski definition) is 3. The molecule has 0 radical (unpaired) electrons. The van der Waals surface area contributed by atoms with E-state index >= 15 is 0 Å². The molecule has 5 rings (SSSR count). The zero-order valence-electron chi connectivity index (χ0n) is 16.9. The molecule has 5 aliphatic rings. The van der Waals surface area contributed by atoms with Crippen LogP contribution in [0, 0.1) is 34.0 Å². The Kier molecular flexibility index (Phi) is 3.63. The number of nitrogens with zero attached hydrogens (tertiary/aromatic N) is 1. The zero-order chi connectivity index (χ0) is 18.3. The number of hydrogen-bond donors (Lipinski definition) is 0. The Morgan fingerprint density at radius 3 is 2.50 bits per heavy atom. The van der Waals surface area contributed by atoms with E-state index in [1.807, 2.05) is 0 Å². The highest BCUT2D eigenvalue weighted by Crippen LogP contribution is 2.82. The summed E-state index contributed by atoms with van der Waals surface area (Å²) in [6, 6.07) is 0.570. The molecule has 3 heteroatoms. The van der Waals surface area contributed by atoms with E-state index in [4.69, 9.17) is 0 Å². The Morgan fingerprint density at radius 2 is 1.77 bits per heavy atom. The van der Waals surface area contributed by atoms with Gasteiger partial charge in [0.1, 0.15) is 11.6 Å². The van der Waals surface area contributed by atoms with Crippen molar-refractivity contribution in [3.63, 3.8) is 0 Å². The minimum absolute atomic E-state index is 0.0367. The zero-order valence-corrected chi connectivity index (χ0v) is 16.9. The highest BCUT2D eigenvalue weighted by Gasteiger charge is 2.79. The molecule has 0 N–H and O–H groups in total. The Morgan fingerprint density at radius 1 is 1.00 bits per heavy atom. The molecule has 26 heavy (non-hydrogen) atoms. The Bertz CT molecular complexity index is 655. The first-order valence-corrected chi connectivity index (χ1v) is 11.2. The fourth-order valence-electron chi connectivity index (χ4n) is 8.87. The van der Waals surface area contributed by atoms with E-state index < -0.39 is 0 Å². The summed E-state index contributed by atoms with van der Waals surface area (Å²) in [5.74, 6) is 3.17. The summed E-state index contributed by atoms with van der Waals surface area (Å²) in [6.07, 6.45) is 9.64. The van der Waals surface area contributed by atoms with Crippen LogP contribution in [-0.2, 0) is 9.59 Å². The highest BCUT2D eigenvalue weighted by molar-refractivity contribution is 5.87. The van der Waals surface area contributed by atoms with E-state index in [1.54, 1.807) is 0 Å². The van der Waals surface area contributed by atoms with Gasteiger partial charge in [-0.2, -0.15) is 0 Å². The van der Waals surface area contributed by atoms with Crippen molar-refractivity contribution in [2.75, 3.05) is 13.1 Å². The Balaban J connectivity index is 1.55. The van der Waals surface area contributed by atoms with E-state index in [0.29, 0.717) is 28.9 Å². The van der Waals surface area contributed by atoms with Crippen molar-refractivity contribution in [3.05, 3.63) is 0 Å². The van der Waals surface area contributed by atoms with Crippen molar-refractivity contribution >= 4 is 11.6 Å². The van der Waals surface area contributed by atoms with Crippen LogP contribution in [0.15, 0.2) is 0 Å². The van der Waals surface area contributed by atoms with Crippen molar-refractivity contribution in [1.82, 2.24) is 4.90 Å². The summed E-state index contributed by atoms with van der Waals surface area (Å²) < 4.78 is 0. The lowest BCUT2D eigenvalue weighted by molar-refractivity contribution is -0.139. The standard InChI is InChI=1S/C23H35NO2/c1-4-24(5-2)19-12-16-17-6-7-20(26)21(17,3)10-9-18(16)22-11-8-15(25)13-23(19,22)14-22/h16-19H,4-14H2,1-3H3/t16-,17-,18-,19?,21-,22-,23+/m0/s1. The first-order valence-electron chi connectivity index (χ1n) is 11.2. The van der Waals surface area contributed by atoms with Crippen molar-refractivity contribution in [1.29, 1.82) is 0 Å². The summed E-state index contributed by atoms with van der Waals surface area (Å²) in [5, 5.41) is 0. The third-order valence-corrected chi connectivity index (χ3v) is 10.1. The van der Waals surface area contributed by atoms with E-state index in [2.05, 4.69) is 25.7 Å². The number of carbonyl (C=O) groups excluding carboxylic acids is 2. The van der Waals surface area contributed by atoms with Crippen LogP contribution in [0.2, 0.25) is 0 Å². The normalized spacial score (nSPS) is 52.3. The average Bonchev–Trinajstić information content (AvgIpc) is 3.22. The van der Waals surface area contributed by atoms with Crippen LogP contribution < -0.4 is 0 Å². The summed E-state index contributed by atoms with van der Waals surface area (Å²) in [6.45, 7) is 9.03. The van der Waals surface area contributed by atoms with Crippen LogP contribution in [0.5, 0.6) is 0 Å². The molecule has 0 heterocycles. The summed E-state index contributed by atoms with van der Waals surface area (Å²) in [7, 11) is 0. The maximum atomic E-state index is 12.7. The van der Waals surface area contributed by atoms with E-state index in [0.717, 1.165) is 63.5 Å². The van der Waals surface area contributed by atoms with Gasteiger partial charge in [-0.15, -0.1) is 0 Å². The van der Waals surface area contributed by atoms with Crippen LogP contribution in [0.3, 0.4) is 0 Å². The number of fused-ring (bicyclic) bond motifs is 3. The van der Waals surface area contributed by atoms with Crippen molar-refractivity contribution < 1.29 is 9.59 Å². The maximum absolute atomic E-state index is 12.7. The van der Waals surface area contributed by atoms with Gasteiger partial charge < -0.3 is 4.90 Å². The van der Waals surface area contributed by atoms with E-state index in [1.165, 1.54) is 19.3 Å². The van der Waals surface area contributed by atoms with Gasteiger partial charge in [0, 0.05) is 30.7 Å². The molecule has 5 saturated carbocycles. The molecule has 1 unspecified atom stereocenters. The lowest BCUT2D eigenvalue weighted by Crippen LogP contribution is -2.57. The van der Waals surface area contributed by atoms with Gasteiger partial charge in [-0.05, 0) is 80.2 Å². The average molecular weight is 358 g/mol. The maximum Gasteiger partial charge on any atom is 0.139 e. The molecule has 0 saturated heterocycles. The second-order valence-corrected chi connectivity index (χ2v) is 10.5. The lowest BCUT2D eigenvalue weighted by atomic mass is 9.49. The van der Waals surface area contributed by atoms with Crippen LogP contribution >= 0.6 is 0 Å². The second-order valence-electron chi connectivity index (χ2n) is 10.5. The predicted octanol–water partition coefficient (Wildman–Crippen LogP) is 4.24. The molecule has 0 bridgehead atoms. The molecule has 0 spiro atoms. The van der Waals surface area contributed by atoms with Gasteiger partial charge in [0.05, 0.1) is 0 Å². The topological polar surface area (TPSA) is 37.4 Å². The molecule has 3 nitrogen and oxygen atoms in total. The van der Waals surface area contributed by atoms with Crippen molar-refractivity contribution in [3.8, 4) is 0 Å². The minimum Gasteiger partial charge on any atom is -0.300 e. The molecule has 5 aliphatic carbocycles. The fraction of sp³-hybridized carbons (Fsp3) is 0.913. The molecule has 5 fully saturated rings.